The first-order valence-electron chi connectivity index (χ1n) is 3.80. The standard InChI is InChI=1S/C9H9NO2S/c1-2-6-13-7-5-10-8(11)3-4-9(10)12/h1,3-4H,5-7H2. The second kappa shape index (κ2) is 4.73. The van der Waals surface area contributed by atoms with Crippen LogP contribution < -0.4 is 0 Å². The van der Waals surface area contributed by atoms with E-state index in [0.717, 1.165) is 0 Å². The van der Waals surface area contributed by atoms with Crippen molar-refractivity contribution in [2.75, 3.05) is 18.1 Å². The number of thioether (sulfide) groups is 1. The second-order valence-electron chi connectivity index (χ2n) is 2.42. The molecule has 68 valence electrons. The van der Waals surface area contributed by atoms with Gasteiger partial charge >= 0.3 is 0 Å². The van der Waals surface area contributed by atoms with Crippen molar-refractivity contribution in [3.05, 3.63) is 12.2 Å². The lowest BCUT2D eigenvalue weighted by Gasteiger charge is -2.12. The van der Waals surface area contributed by atoms with Crippen molar-refractivity contribution >= 4 is 23.6 Å². The number of hydrogen-bond donors (Lipinski definition) is 0. The van der Waals surface area contributed by atoms with Crippen LogP contribution in [0.25, 0.3) is 0 Å². The Bertz CT molecular complexity index is 272. The monoisotopic (exact) mass is 195 g/mol. The summed E-state index contributed by atoms with van der Waals surface area (Å²) in [6.45, 7) is 0.441. The van der Waals surface area contributed by atoms with Gasteiger partial charge in [-0.3, -0.25) is 14.5 Å². The molecule has 0 saturated carbocycles. The fraction of sp³-hybridized carbons (Fsp3) is 0.333. The molecule has 1 heterocycles. The number of terminal acetylenes is 1. The van der Waals surface area contributed by atoms with Gasteiger partial charge in [0, 0.05) is 24.4 Å². The van der Waals surface area contributed by atoms with Gasteiger partial charge in [-0.05, 0) is 0 Å². The van der Waals surface area contributed by atoms with Gasteiger partial charge in [0.2, 0.25) is 0 Å². The van der Waals surface area contributed by atoms with Crippen LogP contribution in [0.1, 0.15) is 0 Å². The zero-order valence-corrected chi connectivity index (χ0v) is 7.84. The third-order valence-electron chi connectivity index (χ3n) is 1.55. The molecule has 1 aliphatic rings. The SMILES string of the molecule is C#CCSCCN1C(=O)C=CC1=O. The zero-order chi connectivity index (χ0) is 9.68. The molecule has 0 bridgehead atoms. The molecule has 0 saturated heterocycles. The summed E-state index contributed by atoms with van der Waals surface area (Å²) in [5, 5.41) is 0. The lowest BCUT2D eigenvalue weighted by molar-refractivity contribution is -0.136. The summed E-state index contributed by atoms with van der Waals surface area (Å²) < 4.78 is 0. The maximum atomic E-state index is 11.0. The molecule has 0 aromatic rings. The average Bonchev–Trinajstić information content (AvgIpc) is 2.42. The third-order valence-corrected chi connectivity index (χ3v) is 2.39. The summed E-state index contributed by atoms with van der Waals surface area (Å²) in [5.74, 6) is 3.33. The van der Waals surface area contributed by atoms with E-state index in [1.165, 1.54) is 28.8 Å². The van der Waals surface area contributed by atoms with Crippen LogP contribution in [0.15, 0.2) is 12.2 Å². The average molecular weight is 195 g/mol. The van der Waals surface area contributed by atoms with Crippen molar-refractivity contribution in [1.29, 1.82) is 0 Å². The first-order chi connectivity index (χ1) is 6.25. The highest BCUT2D eigenvalue weighted by Crippen LogP contribution is 2.06. The Morgan fingerprint density at radius 2 is 2.00 bits per heavy atom. The van der Waals surface area contributed by atoms with E-state index in [0.29, 0.717) is 18.1 Å². The molecular formula is C9H9NO2S. The third kappa shape index (κ3) is 2.63. The van der Waals surface area contributed by atoms with Crippen molar-refractivity contribution in [3.8, 4) is 12.3 Å². The molecule has 0 aromatic carbocycles. The number of carbonyl (C=O) groups excluding carboxylic acids is 2. The van der Waals surface area contributed by atoms with Crippen LogP contribution in [0, 0.1) is 12.3 Å². The minimum atomic E-state index is -0.230. The first-order valence-corrected chi connectivity index (χ1v) is 4.96. The van der Waals surface area contributed by atoms with Gasteiger partial charge in [-0.1, -0.05) is 5.92 Å². The van der Waals surface area contributed by atoms with Crippen molar-refractivity contribution in [3.63, 3.8) is 0 Å². The van der Waals surface area contributed by atoms with Gasteiger partial charge in [-0.25, -0.2) is 0 Å². The van der Waals surface area contributed by atoms with Crippen molar-refractivity contribution in [2.24, 2.45) is 0 Å². The normalized spacial score (nSPS) is 15.2. The molecule has 3 nitrogen and oxygen atoms in total. The van der Waals surface area contributed by atoms with Gasteiger partial charge in [0.05, 0.1) is 5.75 Å². The van der Waals surface area contributed by atoms with Crippen LogP contribution in [-0.4, -0.2) is 34.8 Å². The second-order valence-corrected chi connectivity index (χ2v) is 3.52. The van der Waals surface area contributed by atoms with Crippen LogP contribution in [0.3, 0.4) is 0 Å². The Morgan fingerprint density at radius 1 is 1.38 bits per heavy atom. The minimum Gasteiger partial charge on any atom is -0.275 e. The molecule has 0 aliphatic carbocycles. The number of carbonyl (C=O) groups is 2. The van der Waals surface area contributed by atoms with Crippen molar-refractivity contribution in [1.82, 2.24) is 4.90 Å². The fourth-order valence-electron chi connectivity index (χ4n) is 0.938. The topological polar surface area (TPSA) is 37.4 Å². The maximum Gasteiger partial charge on any atom is 0.253 e. The van der Waals surface area contributed by atoms with Gasteiger partial charge in [0.1, 0.15) is 0 Å². The van der Waals surface area contributed by atoms with E-state index in [1.54, 1.807) is 0 Å². The molecule has 0 radical (unpaired) electrons. The Hall–Kier alpha value is -1.21. The predicted octanol–water partition coefficient (Wildman–Crippen LogP) is 0.278. The maximum absolute atomic E-state index is 11.0. The van der Waals surface area contributed by atoms with E-state index in [2.05, 4.69) is 5.92 Å². The van der Waals surface area contributed by atoms with Crippen LogP contribution in [-0.2, 0) is 9.59 Å². The van der Waals surface area contributed by atoms with E-state index in [1.807, 2.05) is 0 Å². The first kappa shape index (κ1) is 9.87. The molecule has 2 amide bonds. The molecular weight excluding hydrogens is 186 g/mol. The lowest BCUT2D eigenvalue weighted by atomic mass is 10.5. The largest absolute Gasteiger partial charge is 0.275 e. The van der Waals surface area contributed by atoms with E-state index in [9.17, 15) is 9.59 Å². The van der Waals surface area contributed by atoms with Crippen LogP contribution in [0.2, 0.25) is 0 Å². The smallest absolute Gasteiger partial charge is 0.253 e. The van der Waals surface area contributed by atoms with Crippen LogP contribution in [0.4, 0.5) is 0 Å². The molecule has 0 aromatic heterocycles. The number of nitrogens with zero attached hydrogens (tertiary/aromatic N) is 1. The molecule has 1 rings (SSSR count). The molecule has 0 spiro atoms. The number of hydrogen-bond acceptors (Lipinski definition) is 3. The number of imide groups is 1. The van der Waals surface area contributed by atoms with E-state index < -0.39 is 0 Å². The summed E-state index contributed by atoms with van der Waals surface area (Å²) in [6.07, 6.45) is 7.62. The van der Waals surface area contributed by atoms with Crippen LogP contribution >= 0.6 is 11.8 Å². The Kier molecular flexibility index (Phi) is 3.59. The van der Waals surface area contributed by atoms with Gasteiger partial charge in [-0.15, -0.1) is 18.2 Å². The van der Waals surface area contributed by atoms with Gasteiger partial charge in [-0.2, -0.15) is 0 Å². The molecule has 13 heavy (non-hydrogen) atoms. The predicted molar refractivity (Wildman–Crippen MR) is 52.0 cm³/mol. The molecule has 0 fully saturated rings. The lowest BCUT2D eigenvalue weighted by Crippen LogP contribution is -2.32. The van der Waals surface area contributed by atoms with E-state index in [4.69, 9.17) is 6.42 Å². The van der Waals surface area contributed by atoms with Crippen LogP contribution in [0.5, 0.6) is 0 Å². The van der Waals surface area contributed by atoms with Gasteiger partial charge < -0.3 is 0 Å². The Morgan fingerprint density at radius 3 is 2.54 bits per heavy atom. The van der Waals surface area contributed by atoms with Gasteiger partial charge in [0.25, 0.3) is 11.8 Å². The highest BCUT2D eigenvalue weighted by molar-refractivity contribution is 7.99. The Labute approximate surface area is 81.2 Å². The summed E-state index contributed by atoms with van der Waals surface area (Å²) in [5.41, 5.74) is 0. The molecule has 0 unspecified atom stereocenters. The minimum absolute atomic E-state index is 0.230. The number of amides is 2. The summed E-state index contributed by atoms with van der Waals surface area (Å²) in [6, 6.07) is 0. The Balaban J connectivity index is 2.26. The van der Waals surface area contributed by atoms with Gasteiger partial charge in [0.15, 0.2) is 0 Å². The molecule has 0 atom stereocenters. The van der Waals surface area contributed by atoms with E-state index in [-0.39, 0.29) is 11.8 Å². The quantitative estimate of drug-likeness (QED) is 0.367. The summed E-state index contributed by atoms with van der Waals surface area (Å²) in [4.78, 5) is 23.2. The van der Waals surface area contributed by atoms with Crippen molar-refractivity contribution in [2.45, 2.75) is 0 Å². The molecule has 1 aliphatic heterocycles. The zero-order valence-electron chi connectivity index (χ0n) is 7.03. The van der Waals surface area contributed by atoms with Crippen molar-refractivity contribution < 1.29 is 9.59 Å². The van der Waals surface area contributed by atoms with E-state index >= 15 is 0 Å². The molecule has 0 N–H and O–H groups in total. The highest BCUT2D eigenvalue weighted by Gasteiger charge is 2.22. The summed E-state index contributed by atoms with van der Waals surface area (Å²) in [7, 11) is 0. The molecule has 4 heteroatoms. The number of rotatable bonds is 4. The highest BCUT2D eigenvalue weighted by atomic mass is 32.2. The fourth-order valence-corrected chi connectivity index (χ4v) is 1.51. The summed E-state index contributed by atoms with van der Waals surface area (Å²) >= 11 is 1.53.